The van der Waals surface area contributed by atoms with Gasteiger partial charge in [0.15, 0.2) is 5.82 Å². The first-order valence-corrected chi connectivity index (χ1v) is 7.62. The molecule has 0 radical (unpaired) electrons. The van der Waals surface area contributed by atoms with Crippen LogP contribution >= 0.6 is 22.6 Å². The van der Waals surface area contributed by atoms with Gasteiger partial charge in [-0.3, -0.25) is 0 Å². The van der Waals surface area contributed by atoms with Gasteiger partial charge >= 0.3 is 0 Å². The molecular weight excluding hydrogens is 365 g/mol. The lowest BCUT2D eigenvalue weighted by Gasteiger charge is -2.11. The maximum atomic E-state index is 5.95. The molecule has 4 nitrogen and oxygen atoms in total. The summed E-state index contributed by atoms with van der Waals surface area (Å²) in [5.74, 6) is 2.49. The molecule has 1 aromatic carbocycles. The lowest BCUT2D eigenvalue weighted by Crippen LogP contribution is -2.11. The van der Waals surface area contributed by atoms with Gasteiger partial charge in [0, 0.05) is 0 Å². The van der Waals surface area contributed by atoms with Crippen LogP contribution in [0.15, 0.2) is 30.3 Å². The van der Waals surface area contributed by atoms with E-state index in [0.29, 0.717) is 24.2 Å². The Bertz CT molecular complexity index is 573. The number of aromatic nitrogens is 2. The van der Waals surface area contributed by atoms with Crippen molar-refractivity contribution in [1.82, 2.24) is 9.97 Å². The summed E-state index contributed by atoms with van der Waals surface area (Å²) in [6.07, 6.45) is 0.892. The van der Waals surface area contributed by atoms with Crippen LogP contribution in [0.1, 0.15) is 25.4 Å². The molecular formula is C15H18IN3O. The molecule has 0 aliphatic heterocycles. The number of ether oxygens (including phenoxy) is 1. The third-order valence-corrected chi connectivity index (χ3v) is 3.88. The first kappa shape index (κ1) is 15.0. The van der Waals surface area contributed by atoms with E-state index in [0.717, 1.165) is 21.4 Å². The number of nitrogens with two attached hydrogens (primary N) is 1. The molecule has 0 amide bonds. The molecule has 2 rings (SSSR count). The van der Waals surface area contributed by atoms with Crippen LogP contribution in [0, 0.1) is 9.49 Å². The monoisotopic (exact) mass is 383 g/mol. The summed E-state index contributed by atoms with van der Waals surface area (Å²) in [6, 6.07) is 9.63. The molecule has 2 aromatic rings. The molecule has 0 spiro atoms. The molecule has 0 atom stereocenters. The zero-order chi connectivity index (χ0) is 14.5. The first-order chi connectivity index (χ1) is 9.56. The van der Waals surface area contributed by atoms with Gasteiger partial charge in [-0.1, -0.05) is 32.0 Å². The lowest BCUT2D eigenvalue weighted by atomic mass is 10.1. The second kappa shape index (κ2) is 6.88. The number of hydrogen-bond donors (Lipinski definition) is 1. The molecule has 0 saturated heterocycles. The van der Waals surface area contributed by atoms with Crippen molar-refractivity contribution < 1.29 is 4.74 Å². The van der Waals surface area contributed by atoms with Gasteiger partial charge in [-0.05, 0) is 47.1 Å². The van der Waals surface area contributed by atoms with E-state index >= 15 is 0 Å². The van der Waals surface area contributed by atoms with E-state index in [1.165, 1.54) is 0 Å². The van der Waals surface area contributed by atoms with E-state index < -0.39 is 0 Å². The van der Waals surface area contributed by atoms with Crippen molar-refractivity contribution >= 4 is 28.4 Å². The number of benzene rings is 1. The van der Waals surface area contributed by atoms with Crippen molar-refractivity contribution in [3.63, 3.8) is 0 Å². The fraction of sp³-hybridized carbons (Fsp3) is 0.333. The summed E-state index contributed by atoms with van der Waals surface area (Å²) in [5, 5.41) is 0. The molecule has 106 valence electrons. The highest BCUT2D eigenvalue weighted by molar-refractivity contribution is 14.1. The van der Waals surface area contributed by atoms with Crippen molar-refractivity contribution in [2.75, 3.05) is 5.73 Å². The molecule has 0 unspecified atom stereocenters. The Morgan fingerprint density at radius 2 is 1.90 bits per heavy atom. The highest BCUT2D eigenvalue weighted by Crippen LogP contribution is 2.20. The minimum Gasteiger partial charge on any atom is -0.486 e. The Morgan fingerprint density at radius 3 is 2.55 bits per heavy atom. The van der Waals surface area contributed by atoms with Crippen molar-refractivity contribution in [1.29, 1.82) is 0 Å². The fourth-order valence-electron chi connectivity index (χ4n) is 1.82. The summed E-state index contributed by atoms with van der Waals surface area (Å²) in [5.41, 5.74) is 6.95. The summed E-state index contributed by atoms with van der Waals surface area (Å²) < 4.78 is 6.61. The van der Waals surface area contributed by atoms with Crippen LogP contribution < -0.4 is 10.5 Å². The van der Waals surface area contributed by atoms with Crippen molar-refractivity contribution in [2.45, 2.75) is 26.9 Å². The van der Waals surface area contributed by atoms with Crippen LogP contribution in [0.4, 0.5) is 5.82 Å². The van der Waals surface area contributed by atoms with Crippen molar-refractivity contribution in [3.8, 4) is 5.75 Å². The lowest BCUT2D eigenvalue weighted by molar-refractivity contribution is 0.295. The van der Waals surface area contributed by atoms with Crippen LogP contribution in [0.2, 0.25) is 0 Å². The van der Waals surface area contributed by atoms with Crippen molar-refractivity contribution in [3.05, 3.63) is 45.4 Å². The second-order valence-electron chi connectivity index (χ2n) is 4.99. The number of hydrogen-bond acceptors (Lipinski definition) is 4. The van der Waals surface area contributed by atoms with Crippen LogP contribution in [-0.2, 0) is 13.0 Å². The maximum absolute atomic E-state index is 5.95. The Labute approximate surface area is 132 Å². The molecule has 1 heterocycles. The molecule has 0 aliphatic carbocycles. The van der Waals surface area contributed by atoms with E-state index in [1.807, 2.05) is 30.3 Å². The van der Waals surface area contributed by atoms with Gasteiger partial charge in [-0.2, -0.15) is 0 Å². The van der Waals surface area contributed by atoms with Crippen LogP contribution in [-0.4, -0.2) is 9.97 Å². The molecule has 20 heavy (non-hydrogen) atoms. The van der Waals surface area contributed by atoms with Gasteiger partial charge in [0.2, 0.25) is 0 Å². The van der Waals surface area contributed by atoms with E-state index in [-0.39, 0.29) is 0 Å². The first-order valence-electron chi connectivity index (χ1n) is 6.55. The summed E-state index contributed by atoms with van der Waals surface area (Å²) in [7, 11) is 0. The fourth-order valence-corrected chi connectivity index (χ4v) is 2.28. The van der Waals surface area contributed by atoms with Gasteiger partial charge < -0.3 is 10.5 Å². The Kier molecular flexibility index (Phi) is 5.17. The summed E-state index contributed by atoms with van der Waals surface area (Å²) in [6.45, 7) is 4.65. The van der Waals surface area contributed by atoms with Crippen LogP contribution in [0.25, 0.3) is 0 Å². The number of anilines is 1. The third kappa shape index (κ3) is 4.06. The molecule has 5 heteroatoms. The van der Waals surface area contributed by atoms with E-state index in [2.05, 4.69) is 46.4 Å². The number of nitrogens with zero attached hydrogens (tertiary/aromatic N) is 2. The van der Waals surface area contributed by atoms with Gasteiger partial charge in [-0.25, -0.2) is 9.97 Å². The Hall–Kier alpha value is -1.37. The zero-order valence-corrected chi connectivity index (χ0v) is 13.8. The number of rotatable bonds is 5. The van der Waals surface area contributed by atoms with E-state index in [9.17, 15) is 0 Å². The third-order valence-electron chi connectivity index (χ3n) is 2.70. The van der Waals surface area contributed by atoms with Crippen molar-refractivity contribution in [2.24, 2.45) is 5.92 Å². The standard InChI is InChI=1S/C15H18IN3O/c1-10(2)8-12-14(16)15(17)19-13(18-12)9-20-11-6-4-3-5-7-11/h3-7,10H,8-9H2,1-2H3,(H2,17,18,19). The van der Waals surface area contributed by atoms with E-state index in [1.54, 1.807) is 0 Å². The Balaban J connectivity index is 2.14. The predicted molar refractivity (Wildman–Crippen MR) is 88.5 cm³/mol. The second-order valence-corrected chi connectivity index (χ2v) is 6.06. The van der Waals surface area contributed by atoms with E-state index in [4.69, 9.17) is 10.5 Å². The maximum Gasteiger partial charge on any atom is 0.168 e. The highest BCUT2D eigenvalue weighted by atomic mass is 127. The molecule has 2 N–H and O–H groups in total. The van der Waals surface area contributed by atoms with Gasteiger partial charge in [-0.15, -0.1) is 0 Å². The largest absolute Gasteiger partial charge is 0.486 e. The van der Waals surface area contributed by atoms with Crippen LogP contribution in [0.5, 0.6) is 5.75 Å². The molecule has 1 aromatic heterocycles. The average Bonchev–Trinajstić information content (AvgIpc) is 2.42. The highest BCUT2D eigenvalue weighted by Gasteiger charge is 2.11. The molecule has 0 bridgehead atoms. The number of halogens is 1. The quantitative estimate of drug-likeness (QED) is 0.804. The summed E-state index contributed by atoms with van der Waals surface area (Å²) >= 11 is 2.20. The predicted octanol–water partition coefficient (Wildman–Crippen LogP) is 3.44. The minimum atomic E-state index is 0.330. The summed E-state index contributed by atoms with van der Waals surface area (Å²) in [4.78, 5) is 8.85. The normalized spacial score (nSPS) is 10.8. The topological polar surface area (TPSA) is 61.0 Å². The average molecular weight is 383 g/mol. The van der Waals surface area contributed by atoms with Gasteiger partial charge in [0.05, 0.1) is 9.26 Å². The van der Waals surface area contributed by atoms with Gasteiger partial charge in [0.25, 0.3) is 0 Å². The SMILES string of the molecule is CC(C)Cc1nc(COc2ccccc2)nc(N)c1I. The molecule has 0 fully saturated rings. The molecule has 0 saturated carbocycles. The zero-order valence-electron chi connectivity index (χ0n) is 11.6. The number of nitrogen functional groups attached to an aromatic ring is 1. The Morgan fingerprint density at radius 1 is 1.20 bits per heavy atom. The smallest absolute Gasteiger partial charge is 0.168 e. The molecule has 0 aliphatic rings. The van der Waals surface area contributed by atoms with Crippen LogP contribution in [0.3, 0.4) is 0 Å². The number of para-hydroxylation sites is 1. The van der Waals surface area contributed by atoms with Gasteiger partial charge in [0.1, 0.15) is 18.2 Å². The minimum absolute atomic E-state index is 0.330.